The van der Waals surface area contributed by atoms with Crippen molar-refractivity contribution in [3.63, 3.8) is 0 Å². The first-order chi connectivity index (χ1) is 12.4. The van der Waals surface area contributed by atoms with Crippen molar-refractivity contribution in [1.29, 1.82) is 0 Å². The summed E-state index contributed by atoms with van der Waals surface area (Å²) in [5.74, 6) is 0.451. The number of carbonyl (C=O) groups is 1. The Kier molecular flexibility index (Phi) is 7.03. The molecule has 1 amide bonds. The molecule has 0 heterocycles. The van der Waals surface area contributed by atoms with Crippen LogP contribution >= 0.6 is 0 Å². The molecule has 0 fully saturated rings. The van der Waals surface area contributed by atoms with Gasteiger partial charge in [0.15, 0.2) is 0 Å². The Morgan fingerprint density at radius 1 is 0.962 bits per heavy atom. The van der Waals surface area contributed by atoms with Crippen molar-refractivity contribution in [2.45, 2.75) is 19.1 Å². The molecule has 0 spiro atoms. The molecule has 7 heteroatoms. The molecule has 26 heavy (non-hydrogen) atoms. The highest BCUT2D eigenvalue weighted by Crippen LogP contribution is 2.29. The molecule has 4 nitrogen and oxygen atoms in total. The van der Waals surface area contributed by atoms with Crippen LogP contribution in [0.25, 0.3) is 0 Å². The van der Waals surface area contributed by atoms with Crippen molar-refractivity contribution in [2.75, 3.05) is 20.3 Å². The molecular weight excluding hydrogens is 347 g/mol. The molecular formula is C19H20F3NO3. The Hall–Kier alpha value is -2.54. The van der Waals surface area contributed by atoms with E-state index in [1.54, 1.807) is 19.2 Å². The van der Waals surface area contributed by atoms with Crippen LogP contribution < -0.4 is 10.1 Å². The molecule has 0 unspecified atom stereocenters. The minimum Gasteiger partial charge on any atom is -0.491 e. The second-order valence-electron chi connectivity index (χ2n) is 5.63. The summed E-state index contributed by atoms with van der Waals surface area (Å²) in [6, 6.07) is 11.8. The average molecular weight is 367 g/mol. The van der Waals surface area contributed by atoms with Gasteiger partial charge in [-0.05, 0) is 35.4 Å². The number of hydrogen-bond acceptors (Lipinski definition) is 3. The lowest BCUT2D eigenvalue weighted by molar-refractivity contribution is -0.137. The fraction of sp³-hybridized carbons (Fsp3) is 0.316. The van der Waals surface area contributed by atoms with E-state index >= 15 is 0 Å². The van der Waals surface area contributed by atoms with Crippen molar-refractivity contribution >= 4 is 5.91 Å². The molecule has 0 atom stereocenters. The van der Waals surface area contributed by atoms with Crippen LogP contribution in [0.1, 0.15) is 16.7 Å². The maximum Gasteiger partial charge on any atom is 0.416 e. The molecule has 1 N–H and O–H groups in total. The van der Waals surface area contributed by atoms with Crippen LogP contribution in [0.3, 0.4) is 0 Å². The van der Waals surface area contributed by atoms with Gasteiger partial charge in [-0.25, -0.2) is 0 Å². The lowest BCUT2D eigenvalue weighted by atomic mass is 10.1. The van der Waals surface area contributed by atoms with E-state index in [2.05, 4.69) is 5.32 Å². The maximum atomic E-state index is 12.5. The van der Waals surface area contributed by atoms with Gasteiger partial charge in [-0.3, -0.25) is 4.79 Å². The van der Waals surface area contributed by atoms with E-state index in [1.807, 2.05) is 12.1 Å². The van der Waals surface area contributed by atoms with E-state index in [4.69, 9.17) is 9.47 Å². The second-order valence-corrected chi connectivity index (χ2v) is 5.63. The Balaban J connectivity index is 1.79. The quantitative estimate of drug-likeness (QED) is 0.726. The van der Waals surface area contributed by atoms with Gasteiger partial charge in [0.2, 0.25) is 5.91 Å². The van der Waals surface area contributed by atoms with Gasteiger partial charge in [-0.15, -0.1) is 0 Å². The van der Waals surface area contributed by atoms with Gasteiger partial charge >= 0.3 is 6.18 Å². The molecule has 0 radical (unpaired) electrons. The fourth-order valence-corrected chi connectivity index (χ4v) is 2.21. The van der Waals surface area contributed by atoms with Crippen LogP contribution in [0.15, 0.2) is 48.5 Å². The highest BCUT2D eigenvalue weighted by molar-refractivity contribution is 5.78. The Morgan fingerprint density at radius 2 is 1.58 bits per heavy atom. The summed E-state index contributed by atoms with van der Waals surface area (Å²) in [5, 5.41) is 2.74. The van der Waals surface area contributed by atoms with E-state index < -0.39 is 11.7 Å². The van der Waals surface area contributed by atoms with E-state index in [9.17, 15) is 18.0 Å². The Bertz CT molecular complexity index is 697. The summed E-state index contributed by atoms with van der Waals surface area (Å²) in [4.78, 5) is 11.9. The molecule has 2 aromatic rings. The van der Waals surface area contributed by atoms with Crippen LogP contribution in [-0.2, 0) is 28.7 Å². The smallest absolute Gasteiger partial charge is 0.416 e. The number of nitrogens with one attached hydrogen (secondary N) is 1. The van der Waals surface area contributed by atoms with Crippen molar-refractivity contribution in [2.24, 2.45) is 0 Å². The number of alkyl halides is 3. The third-order valence-corrected chi connectivity index (χ3v) is 3.62. The van der Waals surface area contributed by atoms with Gasteiger partial charge in [0.25, 0.3) is 0 Å². The maximum absolute atomic E-state index is 12.5. The monoisotopic (exact) mass is 367 g/mol. The summed E-state index contributed by atoms with van der Waals surface area (Å²) in [5.41, 5.74) is 0.691. The van der Waals surface area contributed by atoms with Crippen LogP contribution in [0.2, 0.25) is 0 Å². The zero-order valence-electron chi connectivity index (χ0n) is 14.3. The molecule has 0 saturated carbocycles. The molecule has 0 aromatic heterocycles. The van der Waals surface area contributed by atoms with E-state index in [0.717, 1.165) is 17.7 Å². The van der Waals surface area contributed by atoms with Gasteiger partial charge in [0, 0.05) is 13.7 Å². The van der Waals surface area contributed by atoms with Crippen LogP contribution in [0.5, 0.6) is 5.75 Å². The minimum absolute atomic E-state index is 0.0242. The van der Waals surface area contributed by atoms with Gasteiger partial charge in [0.1, 0.15) is 12.4 Å². The first-order valence-electron chi connectivity index (χ1n) is 8.02. The Morgan fingerprint density at radius 3 is 2.15 bits per heavy atom. The van der Waals surface area contributed by atoms with Crippen molar-refractivity contribution in [1.82, 2.24) is 5.32 Å². The first-order valence-corrected chi connectivity index (χ1v) is 8.02. The summed E-state index contributed by atoms with van der Waals surface area (Å²) >= 11 is 0. The number of hydrogen-bond donors (Lipinski definition) is 1. The predicted molar refractivity (Wildman–Crippen MR) is 90.8 cm³/mol. The molecule has 0 saturated heterocycles. The third kappa shape index (κ3) is 6.40. The molecule has 2 rings (SSSR count). The van der Waals surface area contributed by atoms with Crippen LogP contribution in [-0.4, -0.2) is 26.2 Å². The molecule has 0 aliphatic carbocycles. The van der Waals surface area contributed by atoms with Crippen molar-refractivity contribution in [3.8, 4) is 5.75 Å². The minimum atomic E-state index is -4.37. The normalized spacial score (nSPS) is 11.2. The molecule has 0 aliphatic rings. The predicted octanol–water partition coefficient (Wildman–Crippen LogP) is 3.59. The number of methoxy groups -OCH3 is 1. The SMILES string of the molecule is COCCOc1ccc(CNC(=O)Cc2ccc(C(F)(F)F)cc2)cc1. The second kappa shape index (κ2) is 9.24. The fourth-order valence-electron chi connectivity index (χ4n) is 2.21. The number of rotatable bonds is 8. The lowest BCUT2D eigenvalue weighted by Crippen LogP contribution is -2.24. The number of benzene rings is 2. The third-order valence-electron chi connectivity index (χ3n) is 3.62. The summed E-state index contributed by atoms with van der Waals surface area (Å²) in [7, 11) is 1.60. The largest absolute Gasteiger partial charge is 0.491 e. The van der Waals surface area contributed by atoms with E-state index in [1.165, 1.54) is 12.1 Å². The number of amides is 1. The molecule has 0 bridgehead atoms. The van der Waals surface area contributed by atoms with Gasteiger partial charge in [-0.2, -0.15) is 13.2 Å². The van der Waals surface area contributed by atoms with E-state index in [0.29, 0.717) is 31.1 Å². The summed E-state index contributed by atoms with van der Waals surface area (Å²) < 4.78 is 47.9. The Labute approximate surface area is 149 Å². The van der Waals surface area contributed by atoms with Crippen molar-refractivity contribution in [3.05, 3.63) is 65.2 Å². The summed E-state index contributed by atoms with van der Waals surface area (Å²) in [6.07, 6.45) is -4.35. The lowest BCUT2D eigenvalue weighted by Gasteiger charge is -2.09. The summed E-state index contributed by atoms with van der Waals surface area (Å²) in [6.45, 7) is 1.29. The average Bonchev–Trinajstić information content (AvgIpc) is 2.61. The number of ether oxygens (including phenoxy) is 2. The van der Waals surface area contributed by atoms with Crippen LogP contribution in [0.4, 0.5) is 13.2 Å². The van der Waals surface area contributed by atoms with Crippen molar-refractivity contribution < 1.29 is 27.4 Å². The highest BCUT2D eigenvalue weighted by atomic mass is 19.4. The molecule has 2 aromatic carbocycles. The van der Waals surface area contributed by atoms with Gasteiger partial charge < -0.3 is 14.8 Å². The molecule has 140 valence electrons. The number of halogens is 3. The first kappa shape index (κ1) is 19.8. The topological polar surface area (TPSA) is 47.6 Å². The molecule has 0 aliphatic heterocycles. The highest BCUT2D eigenvalue weighted by Gasteiger charge is 2.29. The van der Waals surface area contributed by atoms with E-state index in [-0.39, 0.29) is 12.3 Å². The zero-order chi connectivity index (χ0) is 19.0. The zero-order valence-corrected chi connectivity index (χ0v) is 14.3. The number of carbonyl (C=O) groups excluding carboxylic acids is 1. The van der Waals surface area contributed by atoms with Gasteiger partial charge in [0.05, 0.1) is 18.6 Å². The standard InChI is InChI=1S/C19H20F3NO3/c1-25-10-11-26-17-8-4-15(5-9-17)13-23-18(24)12-14-2-6-16(7-3-14)19(20,21)22/h2-9H,10-13H2,1H3,(H,23,24). The van der Waals surface area contributed by atoms with Gasteiger partial charge in [-0.1, -0.05) is 24.3 Å². The van der Waals surface area contributed by atoms with Crippen LogP contribution in [0, 0.1) is 0 Å².